The van der Waals surface area contributed by atoms with Crippen molar-refractivity contribution >= 4 is 16.1 Å². The van der Waals surface area contributed by atoms with Crippen LogP contribution in [0.2, 0.25) is 0 Å². The topological polar surface area (TPSA) is 119 Å². The number of aromatic hydroxyl groups is 1. The van der Waals surface area contributed by atoms with Crippen molar-refractivity contribution < 1.29 is 63.4 Å². The van der Waals surface area contributed by atoms with Crippen LogP contribution in [0.3, 0.4) is 0 Å². The summed E-state index contributed by atoms with van der Waals surface area (Å²) in [7, 11) is -4.00. The van der Waals surface area contributed by atoms with E-state index in [1.54, 1.807) is 0 Å². The van der Waals surface area contributed by atoms with Gasteiger partial charge in [0.05, 0.1) is 19.8 Å². The number of methoxy groups -OCH3 is 2. The lowest BCUT2D eigenvalue weighted by atomic mass is 10.1. The summed E-state index contributed by atoms with van der Waals surface area (Å²) >= 11 is 0. The van der Waals surface area contributed by atoms with Crippen LogP contribution in [0.15, 0.2) is 12.1 Å². The van der Waals surface area contributed by atoms with E-state index in [9.17, 15) is 44.7 Å². The molecule has 28 heavy (non-hydrogen) atoms. The quantitative estimate of drug-likeness (QED) is 0.392. The van der Waals surface area contributed by atoms with E-state index in [1.807, 2.05) is 0 Å². The second kappa shape index (κ2) is 7.54. The lowest BCUT2D eigenvalue weighted by molar-refractivity contribution is -0.356. The molecule has 1 rings (SSSR count). The summed E-state index contributed by atoms with van der Waals surface area (Å²) in [6, 6.07) is 1.07. The highest BCUT2D eigenvalue weighted by atomic mass is 32.2. The highest BCUT2D eigenvalue weighted by molar-refractivity contribution is 7.85. The van der Waals surface area contributed by atoms with Crippen LogP contribution in [-0.2, 0) is 14.9 Å². The second-order valence-corrected chi connectivity index (χ2v) is 6.62. The molecule has 15 heteroatoms. The predicted octanol–water partition coefficient (Wildman–Crippen LogP) is 2.32. The molecule has 0 amide bonds. The van der Waals surface area contributed by atoms with E-state index in [0.717, 1.165) is 14.2 Å². The largest absolute Gasteiger partial charge is 0.502 e. The van der Waals surface area contributed by atoms with Crippen molar-refractivity contribution in [1.29, 1.82) is 0 Å². The van der Waals surface area contributed by atoms with Crippen molar-refractivity contribution in [3.63, 3.8) is 0 Å². The average molecular weight is 442 g/mol. The maximum Gasteiger partial charge on any atom is 0.438 e. The minimum absolute atomic E-state index is 0.533. The Morgan fingerprint density at radius 1 is 1.00 bits per heavy atom. The van der Waals surface area contributed by atoms with Crippen molar-refractivity contribution in [3.8, 4) is 17.2 Å². The number of carbonyl (C=O) groups is 1. The SMILES string of the molecule is COc1cc(C(=O)OC(CS(=O)(=O)O)(C(F)(F)F)C(F)(F)F)cc(OC)c1O. The molecule has 0 unspecified atom stereocenters. The first-order valence-electron chi connectivity index (χ1n) is 6.76. The normalized spacial score (nSPS) is 13.2. The van der Waals surface area contributed by atoms with Crippen LogP contribution in [0.4, 0.5) is 26.3 Å². The van der Waals surface area contributed by atoms with Gasteiger partial charge in [0, 0.05) is 0 Å². The van der Waals surface area contributed by atoms with Crippen molar-refractivity contribution in [2.45, 2.75) is 18.0 Å². The van der Waals surface area contributed by atoms with E-state index < -0.39 is 62.6 Å². The van der Waals surface area contributed by atoms with E-state index in [1.165, 1.54) is 0 Å². The molecule has 8 nitrogen and oxygen atoms in total. The molecule has 160 valence electrons. The fourth-order valence-corrected chi connectivity index (χ4v) is 2.85. The highest BCUT2D eigenvalue weighted by Crippen LogP contribution is 2.47. The predicted molar refractivity (Wildman–Crippen MR) is 77.9 cm³/mol. The molecule has 2 N–H and O–H groups in total. The Balaban J connectivity index is 3.58. The van der Waals surface area contributed by atoms with Crippen LogP contribution in [0, 0.1) is 0 Å². The number of alkyl halides is 6. The molecule has 0 aliphatic heterocycles. The first-order chi connectivity index (χ1) is 12.5. The van der Waals surface area contributed by atoms with Crippen LogP contribution in [0.25, 0.3) is 0 Å². The molecule has 0 aliphatic carbocycles. The lowest BCUT2D eigenvalue weighted by Gasteiger charge is -2.35. The number of ether oxygens (including phenoxy) is 3. The maximum atomic E-state index is 13.2. The van der Waals surface area contributed by atoms with Gasteiger partial charge in [-0.05, 0) is 12.1 Å². The molecule has 1 aromatic carbocycles. The van der Waals surface area contributed by atoms with E-state index in [-0.39, 0.29) is 0 Å². The summed E-state index contributed by atoms with van der Waals surface area (Å²) in [6.07, 6.45) is -12.9. The van der Waals surface area contributed by atoms with E-state index in [2.05, 4.69) is 14.2 Å². The summed E-state index contributed by atoms with van der Waals surface area (Å²) in [5.74, 6) is -7.16. The molecule has 0 atom stereocenters. The second-order valence-electron chi connectivity index (χ2n) is 5.17. The fourth-order valence-electron chi connectivity index (χ4n) is 1.95. The first-order valence-corrected chi connectivity index (χ1v) is 8.37. The standard InChI is InChI=1S/C13H12F6O8S/c1-25-7-3-6(4-8(26-2)9(7)20)10(21)27-11(12(14,15)16,13(17,18)19)5-28(22,23)24/h3-4,20H,5H2,1-2H3,(H,22,23,24). The van der Waals surface area contributed by atoms with E-state index in [0.29, 0.717) is 12.1 Å². The Labute approximate surface area is 153 Å². The smallest absolute Gasteiger partial charge is 0.438 e. The molecular formula is C13H12F6O8S. The molecule has 0 fully saturated rings. The van der Waals surface area contributed by atoms with Crippen molar-refractivity contribution in [1.82, 2.24) is 0 Å². The van der Waals surface area contributed by atoms with Gasteiger partial charge in [-0.15, -0.1) is 0 Å². The van der Waals surface area contributed by atoms with Crippen LogP contribution in [0.5, 0.6) is 17.2 Å². The monoisotopic (exact) mass is 442 g/mol. The summed E-state index contributed by atoms with van der Waals surface area (Å²) < 4.78 is 122. The highest BCUT2D eigenvalue weighted by Gasteiger charge is 2.76. The third-order valence-electron chi connectivity index (χ3n) is 3.28. The van der Waals surface area contributed by atoms with Gasteiger partial charge in [-0.3, -0.25) is 4.55 Å². The maximum absolute atomic E-state index is 13.2. The summed E-state index contributed by atoms with van der Waals surface area (Å²) in [6.45, 7) is 0. The molecule has 0 spiro atoms. The minimum Gasteiger partial charge on any atom is -0.502 e. The van der Waals surface area contributed by atoms with Crippen molar-refractivity contribution in [2.75, 3.05) is 20.0 Å². The van der Waals surface area contributed by atoms with Gasteiger partial charge in [0.25, 0.3) is 10.1 Å². The number of carbonyl (C=O) groups excluding carboxylic acids is 1. The van der Waals surface area contributed by atoms with Gasteiger partial charge in [-0.25, -0.2) is 4.79 Å². The third kappa shape index (κ3) is 4.70. The number of phenolic OH excluding ortho intramolecular Hbond substituents is 1. The van der Waals surface area contributed by atoms with Gasteiger partial charge in [-0.1, -0.05) is 0 Å². The van der Waals surface area contributed by atoms with Gasteiger partial charge in [0.1, 0.15) is 5.75 Å². The number of hydrogen-bond acceptors (Lipinski definition) is 7. The van der Waals surface area contributed by atoms with Crippen LogP contribution >= 0.6 is 0 Å². The van der Waals surface area contributed by atoms with Crippen molar-refractivity contribution in [2.24, 2.45) is 0 Å². The summed E-state index contributed by atoms with van der Waals surface area (Å²) in [5, 5.41) is 9.66. The molecule has 0 bridgehead atoms. The number of rotatable bonds is 6. The molecule has 0 saturated carbocycles. The van der Waals surface area contributed by atoms with Crippen LogP contribution < -0.4 is 9.47 Å². The summed E-state index contributed by atoms with van der Waals surface area (Å²) in [4.78, 5) is 12.0. The number of benzene rings is 1. The molecule has 1 aromatic rings. The van der Waals surface area contributed by atoms with Gasteiger partial charge in [0.2, 0.25) is 5.75 Å². The van der Waals surface area contributed by atoms with Gasteiger partial charge < -0.3 is 19.3 Å². The number of phenols is 1. The minimum atomic E-state index is -6.47. The van der Waals surface area contributed by atoms with E-state index >= 15 is 0 Å². The molecule has 0 saturated heterocycles. The zero-order chi connectivity index (χ0) is 22.1. The van der Waals surface area contributed by atoms with E-state index in [4.69, 9.17) is 4.55 Å². The summed E-state index contributed by atoms with van der Waals surface area (Å²) in [5.41, 5.74) is -6.57. The van der Waals surface area contributed by atoms with Crippen LogP contribution in [-0.4, -0.2) is 62.0 Å². The zero-order valence-electron chi connectivity index (χ0n) is 13.9. The fraction of sp³-hybridized carbons (Fsp3) is 0.462. The number of hydrogen-bond donors (Lipinski definition) is 2. The molecule has 0 radical (unpaired) electrons. The Morgan fingerprint density at radius 3 is 1.68 bits per heavy atom. The van der Waals surface area contributed by atoms with Crippen molar-refractivity contribution in [3.05, 3.63) is 17.7 Å². The van der Waals surface area contributed by atoms with Gasteiger partial charge in [-0.2, -0.15) is 34.8 Å². The Bertz CT molecular complexity index is 807. The lowest BCUT2D eigenvalue weighted by Crippen LogP contribution is -2.63. The van der Waals surface area contributed by atoms with Gasteiger partial charge in [0.15, 0.2) is 11.5 Å². The number of halogens is 6. The Morgan fingerprint density at radius 2 is 1.39 bits per heavy atom. The molecule has 0 aromatic heterocycles. The first kappa shape index (κ1) is 23.6. The van der Waals surface area contributed by atoms with Gasteiger partial charge >= 0.3 is 23.9 Å². The molecule has 0 heterocycles. The number of esters is 1. The van der Waals surface area contributed by atoms with Crippen LogP contribution in [0.1, 0.15) is 10.4 Å². The zero-order valence-corrected chi connectivity index (χ0v) is 14.7. The molecular weight excluding hydrogens is 430 g/mol. The third-order valence-corrected chi connectivity index (χ3v) is 4.06. The Hall–Kier alpha value is -2.42. The average Bonchev–Trinajstić information content (AvgIpc) is 2.50. The Kier molecular flexibility index (Phi) is 6.36. The molecule has 0 aliphatic rings.